The number of thioether (sulfide) groups is 1. The number of halogens is 2. The molecule has 25 heavy (non-hydrogen) atoms. The van der Waals surface area contributed by atoms with Crippen molar-refractivity contribution in [2.75, 3.05) is 11.2 Å². The topological polar surface area (TPSA) is 68.5 Å². The van der Waals surface area contributed by atoms with Crippen LogP contribution in [0.25, 0.3) is 11.2 Å². The molecule has 6 nitrogen and oxygen atoms in total. The molecule has 4 rings (SSSR count). The van der Waals surface area contributed by atoms with Crippen molar-refractivity contribution < 1.29 is 8.78 Å². The van der Waals surface area contributed by atoms with Crippen LogP contribution in [0.1, 0.15) is 31.2 Å². The fourth-order valence-electron chi connectivity index (χ4n) is 2.67. The van der Waals surface area contributed by atoms with Crippen molar-refractivity contribution in [1.82, 2.24) is 25.1 Å². The van der Waals surface area contributed by atoms with Gasteiger partial charge in [0, 0.05) is 11.7 Å². The summed E-state index contributed by atoms with van der Waals surface area (Å²) in [7, 11) is 0. The van der Waals surface area contributed by atoms with Crippen LogP contribution < -0.4 is 5.43 Å². The number of fused-ring (bicyclic) bond motifs is 1. The number of hydrogen-bond acceptors (Lipinski definition) is 6. The van der Waals surface area contributed by atoms with Gasteiger partial charge in [0.1, 0.15) is 0 Å². The number of aromatic nitrogens is 5. The van der Waals surface area contributed by atoms with Crippen LogP contribution in [0.5, 0.6) is 0 Å². The lowest BCUT2D eigenvalue weighted by atomic mass is 10.1. The van der Waals surface area contributed by atoms with E-state index in [0.717, 1.165) is 30.2 Å². The van der Waals surface area contributed by atoms with Crippen LogP contribution in [-0.4, -0.2) is 36.9 Å². The molecule has 2 heterocycles. The SMILES string of the molecule is CCCSc1ncc2nnn(N[C@@H]3C[C@H]3c3ccc(F)c(F)c3)c2n1. The molecule has 130 valence electrons. The molecule has 0 radical (unpaired) electrons. The molecule has 0 bridgehead atoms. The summed E-state index contributed by atoms with van der Waals surface area (Å²) in [5.74, 6) is -0.587. The Hall–Kier alpha value is -2.29. The molecule has 1 aliphatic rings. The van der Waals surface area contributed by atoms with E-state index in [0.29, 0.717) is 16.3 Å². The van der Waals surface area contributed by atoms with E-state index in [2.05, 4.69) is 32.6 Å². The number of nitrogens with one attached hydrogen (secondary N) is 1. The minimum atomic E-state index is -0.829. The Labute approximate surface area is 147 Å². The highest BCUT2D eigenvalue weighted by molar-refractivity contribution is 7.99. The van der Waals surface area contributed by atoms with Gasteiger partial charge in [-0.2, -0.15) is 4.98 Å². The zero-order valence-electron chi connectivity index (χ0n) is 13.5. The van der Waals surface area contributed by atoms with Crippen LogP contribution in [0.4, 0.5) is 8.78 Å². The van der Waals surface area contributed by atoms with Gasteiger partial charge in [-0.25, -0.2) is 13.8 Å². The van der Waals surface area contributed by atoms with Crippen molar-refractivity contribution >= 4 is 22.9 Å². The molecule has 1 saturated carbocycles. The molecular weight excluding hydrogens is 346 g/mol. The Morgan fingerprint density at radius 1 is 1.32 bits per heavy atom. The second-order valence-electron chi connectivity index (χ2n) is 5.96. The minimum absolute atomic E-state index is 0.0801. The summed E-state index contributed by atoms with van der Waals surface area (Å²) in [5.41, 5.74) is 5.23. The summed E-state index contributed by atoms with van der Waals surface area (Å²) < 4.78 is 26.4. The quantitative estimate of drug-likeness (QED) is 0.537. The summed E-state index contributed by atoms with van der Waals surface area (Å²) in [6.45, 7) is 2.10. The molecule has 1 fully saturated rings. The molecule has 0 saturated heterocycles. The van der Waals surface area contributed by atoms with Crippen molar-refractivity contribution in [1.29, 1.82) is 0 Å². The molecule has 0 aliphatic heterocycles. The van der Waals surface area contributed by atoms with E-state index in [-0.39, 0.29) is 12.0 Å². The summed E-state index contributed by atoms with van der Waals surface area (Å²) in [4.78, 5) is 10.3. The van der Waals surface area contributed by atoms with Crippen LogP contribution in [0.2, 0.25) is 0 Å². The van der Waals surface area contributed by atoms with Crippen LogP contribution in [-0.2, 0) is 0 Å². The Bertz CT molecular complexity index is 915. The Kier molecular flexibility index (Phi) is 4.24. The predicted molar refractivity (Wildman–Crippen MR) is 91.0 cm³/mol. The fourth-order valence-corrected chi connectivity index (χ4v) is 3.33. The summed E-state index contributed by atoms with van der Waals surface area (Å²) in [6.07, 6.45) is 3.51. The van der Waals surface area contributed by atoms with Gasteiger partial charge < -0.3 is 5.43 Å². The lowest BCUT2D eigenvalue weighted by Gasteiger charge is -2.06. The average Bonchev–Trinajstić information content (AvgIpc) is 3.27. The zero-order valence-corrected chi connectivity index (χ0v) is 14.3. The van der Waals surface area contributed by atoms with Crippen molar-refractivity contribution in [2.24, 2.45) is 0 Å². The highest BCUT2D eigenvalue weighted by Crippen LogP contribution is 2.41. The molecule has 9 heteroatoms. The summed E-state index contributed by atoms with van der Waals surface area (Å²) >= 11 is 1.59. The van der Waals surface area contributed by atoms with E-state index < -0.39 is 11.6 Å². The molecule has 1 N–H and O–H groups in total. The average molecular weight is 362 g/mol. The third-order valence-electron chi connectivity index (χ3n) is 4.06. The Morgan fingerprint density at radius 3 is 3.00 bits per heavy atom. The van der Waals surface area contributed by atoms with Gasteiger partial charge in [-0.1, -0.05) is 24.8 Å². The van der Waals surface area contributed by atoms with E-state index in [1.807, 2.05) is 0 Å². The molecule has 0 unspecified atom stereocenters. The first kappa shape index (κ1) is 16.2. The monoisotopic (exact) mass is 362 g/mol. The van der Waals surface area contributed by atoms with Crippen LogP contribution in [0.15, 0.2) is 29.6 Å². The van der Waals surface area contributed by atoms with E-state index in [1.165, 1.54) is 10.9 Å². The molecule has 2 aromatic heterocycles. The van der Waals surface area contributed by atoms with Gasteiger partial charge in [-0.15, -0.1) is 9.89 Å². The predicted octanol–water partition coefficient (Wildman–Crippen LogP) is 3.10. The van der Waals surface area contributed by atoms with Gasteiger partial charge in [-0.05, 0) is 35.8 Å². The highest BCUT2D eigenvalue weighted by Gasteiger charge is 2.39. The van der Waals surface area contributed by atoms with Crippen molar-refractivity contribution in [3.63, 3.8) is 0 Å². The van der Waals surface area contributed by atoms with Crippen LogP contribution in [0.3, 0.4) is 0 Å². The third kappa shape index (κ3) is 3.28. The molecular formula is C16H16F2N6S. The lowest BCUT2D eigenvalue weighted by Crippen LogP contribution is -2.20. The first-order valence-electron chi connectivity index (χ1n) is 8.08. The molecule has 0 spiro atoms. The second-order valence-corrected chi connectivity index (χ2v) is 7.02. The van der Waals surface area contributed by atoms with Crippen molar-refractivity contribution in [2.45, 2.75) is 36.9 Å². The lowest BCUT2D eigenvalue weighted by molar-refractivity contribution is 0.507. The van der Waals surface area contributed by atoms with Crippen molar-refractivity contribution in [3.8, 4) is 0 Å². The number of benzene rings is 1. The van der Waals surface area contributed by atoms with E-state index in [1.54, 1.807) is 24.0 Å². The largest absolute Gasteiger partial charge is 0.303 e. The second kappa shape index (κ2) is 6.55. The van der Waals surface area contributed by atoms with E-state index in [9.17, 15) is 8.78 Å². The summed E-state index contributed by atoms with van der Waals surface area (Å²) in [5, 5.41) is 8.81. The molecule has 2 atom stereocenters. The van der Waals surface area contributed by atoms with Crippen LogP contribution in [0, 0.1) is 11.6 Å². The van der Waals surface area contributed by atoms with Gasteiger partial charge in [-0.3, -0.25) is 0 Å². The number of nitrogens with zero attached hydrogens (tertiary/aromatic N) is 5. The molecule has 1 aliphatic carbocycles. The van der Waals surface area contributed by atoms with Crippen molar-refractivity contribution in [3.05, 3.63) is 41.6 Å². The Morgan fingerprint density at radius 2 is 2.20 bits per heavy atom. The van der Waals surface area contributed by atoms with Gasteiger partial charge in [0.2, 0.25) is 5.65 Å². The van der Waals surface area contributed by atoms with Gasteiger partial charge >= 0.3 is 0 Å². The molecule has 1 aromatic carbocycles. The van der Waals surface area contributed by atoms with Gasteiger partial charge in [0.25, 0.3) is 0 Å². The molecule has 0 amide bonds. The van der Waals surface area contributed by atoms with Gasteiger partial charge in [0.05, 0.1) is 12.2 Å². The maximum Gasteiger partial charge on any atom is 0.205 e. The fraction of sp³-hybridized carbons (Fsp3) is 0.375. The standard InChI is InChI=1S/C16H16F2N6S/c1-2-5-25-16-19-8-14-15(20-16)24(23-21-14)22-13-7-10(13)9-3-4-11(17)12(18)6-9/h3-4,6,8,10,13,22H,2,5,7H2,1H3/t10-,13+/m0/s1. The van der Waals surface area contributed by atoms with E-state index in [4.69, 9.17) is 0 Å². The first-order chi connectivity index (χ1) is 12.2. The third-order valence-corrected chi connectivity index (χ3v) is 5.12. The molecule has 3 aromatic rings. The maximum absolute atomic E-state index is 13.4. The summed E-state index contributed by atoms with van der Waals surface area (Å²) in [6, 6.07) is 4.11. The first-order valence-corrected chi connectivity index (χ1v) is 9.07. The minimum Gasteiger partial charge on any atom is -0.303 e. The van der Waals surface area contributed by atoms with E-state index >= 15 is 0 Å². The zero-order chi connectivity index (χ0) is 17.4. The smallest absolute Gasteiger partial charge is 0.205 e. The number of hydrogen-bond donors (Lipinski definition) is 1. The normalized spacial score (nSPS) is 19.3. The Balaban J connectivity index is 1.50. The van der Waals surface area contributed by atoms with Gasteiger partial charge in [0.15, 0.2) is 22.3 Å². The maximum atomic E-state index is 13.4. The number of rotatable bonds is 6. The van der Waals surface area contributed by atoms with Crippen LogP contribution >= 0.6 is 11.8 Å². The highest BCUT2D eigenvalue weighted by atomic mass is 32.2.